The second-order valence-corrected chi connectivity index (χ2v) is 5.75. The average Bonchev–Trinajstić information content (AvgIpc) is 2.44. The molecule has 20 heavy (non-hydrogen) atoms. The molecule has 5 heteroatoms. The van der Waals surface area contributed by atoms with Crippen molar-refractivity contribution in [2.75, 3.05) is 19.8 Å². The first-order valence-electron chi connectivity index (χ1n) is 6.83. The first-order valence-corrected chi connectivity index (χ1v) is 6.83. The predicted molar refractivity (Wildman–Crippen MR) is 77.1 cm³/mol. The van der Waals surface area contributed by atoms with Gasteiger partial charge in [0.05, 0.1) is 6.04 Å². The highest BCUT2D eigenvalue weighted by Gasteiger charge is 2.24. The van der Waals surface area contributed by atoms with Crippen molar-refractivity contribution in [2.45, 2.75) is 32.2 Å². The van der Waals surface area contributed by atoms with Crippen LogP contribution in [0.25, 0.3) is 0 Å². The van der Waals surface area contributed by atoms with E-state index in [0.29, 0.717) is 19.8 Å². The third-order valence-electron chi connectivity index (χ3n) is 3.44. The summed E-state index contributed by atoms with van der Waals surface area (Å²) in [4.78, 5) is 11.6. The number of amides is 1. The lowest BCUT2D eigenvalue weighted by Crippen LogP contribution is -2.43. The number of hydrogen-bond acceptors (Lipinski definition) is 4. The zero-order valence-electron chi connectivity index (χ0n) is 12.2. The van der Waals surface area contributed by atoms with Crippen molar-refractivity contribution in [3.8, 4) is 11.5 Å². The predicted octanol–water partition coefficient (Wildman–Crippen LogP) is 1.20. The molecule has 0 aliphatic carbocycles. The first-order chi connectivity index (χ1) is 9.40. The molecule has 1 amide bonds. The lowest BCUT2D eigenvalue weighted by atomic mass is 9.84. The molecule has 0 bridgehead atoms. The SMILES string of the molecule is C[C@@H](N)C(=O)NCC(C)(C)c1ccc2c(c1)OCCO2. The van der Waals surface area contributed by atoms with E-state index >= 15 is 0 Å². The molecule has 1 aliphatic heterocycles. The molecular formula is C15H22N2O3. The minimum atomic E-state index is -0.494. The van der Waals surface area contributed by atoms with Gasteiger partial charge in [-0.1, -0.05) is 19.9 Å². The van der Waals surface area contributed by atoms with E-state index in [-0.39, 0.29) is 11.3 Å². The van der Waals surface area contributed by atoms with Crippen molar-refractivity contribution < 1.29 is 14.3 Å². The van der Waals surface area contributed by atoms with Gasteiger partial charge in [0.2, 0.25) is 5.91 Å². The largest absolute Gasteiger partial charge is 0.486 e. The van der Waals surface area contributed by atoms with Gasteiger partial charge in [0.25, 0.3) is 0 Å². The van der Waals surface area contributed by atoms with Crippen molar-refractivity contribution in [1.82, 2.24) is 5.32 Å². The highest BCUT2D eigenvalue weighted by atomic mass is 16.6. The summed E-state index contributed by atoms with van der Waals surface area (Å²) in [6, 6.07) is 5.41. The Kier molecular flexibility index (Phi) is 4.18. The summed E-state index contributed by atoms with van der Waals surface area (Å²) in [5.74, 6) is 1.39. The van der Waals surface area contributed by atoms with Gasteiger partial charge in [-0.15, -0.1) is 0 Å². The number of carbonyl (C=O) groups is 1. The van der Waals surface area contributed by atoms with Gasteiger partial charge in [-0.3, -0.25) is 4.79 Å². The third kappa shape index (κ3) is 3.22. The van der Waals surface area contributed by atoms with Crippen LogP contribution in [0.4, 0.5) is 0 Å². The van der Waals surface area contributed by atoms with E-state index in [9.17, 15) is 4.79 Å². The van der Waals surface area contributed by atoms with Crippen LogP contribution >= 0.6 is 0 Å². The monoisotopic (exact) mass is 278 g/mol. The Morgan fingerprint density at radius 2 is 2.00 bits per heavy atom. The van der Waals surface area contributed by atoms with Crippen molar-refractivity contribution >= 4 is 5.91 Å². The summed E-state index contributed by atoms with van der Waals surface area (Å²) in [5, 5.41) is 2.86. The van der Waals surface area contributed by atoms with Crippen LogP contribution in [0.2, 0.25) is 0 Å². The molecule has 0 spiro atoms. The van der Waals surface area contributed by atoms with Crippen LogP contribution in [0.15, 0.2) is 18.2 Å². The van der Waals surface area contributed by atoms with Crippen LogP contribution in [0.5, 0.6) is 11.5 Å². The van der Waals surface area contributed by atoms with Crippen LogP contribution in [0.1, 0.15) is 26.3 Å². The maximum Gasteiger partial charge on any atom is 0.236 e. The molecule has 1 aromatic rings. The van der Waals surface area contributed by atoms with Gasteiger partial charge in [-0.05, 0) is 24.6 Å². The highest BCUT2D eigenvalue weighted by molar-refractivity contribution is 5.81. The molecule has 0 fully saturated rings. The van der Waals surface area contributed by atoms with Crippen LogP contribution in [-0.4, -0.2) is 31.7 Å². The fraction of sp³-hybridized carbons (Fsp3) is 0.533. The van der Waals surface area contributed by atoms with E-state index in [0.717, 1.165) is 17.1 Å². The molecule has 0 unspecified atom stereocenters. The van der Waals surface area contributed by atoms with Crippen LogP contribution in [0, 0.1) is 0 Å². The molecule has 1 aliphatic rings. The number of fused-ring (bicyclic) bond motifs is 1. The third-order valence-corrected chi connectivity index (χ3v) is 3.44. The van der Waals surface area contributed by atoms with Gasteiger partial charge in [0.15, 0.2) is 11.5 Å². The number of nitrogens with one attached hydrogen (secondary N) is 1. The molecule has 1 aromatic carbocycles. The van der Waals surface area contributed by atoms with E-state index in [1.165, 1.54) is 0 Å². The molecule has 1 heterocycles. The summed E-state index contributed by atoms with van der Waals surface area (Å²) >= 11 is 0. The second kappa shape index (κ2) is 5.71. The molecule has 0 radical (unpaired) electrons. The standard InChI is InChI=1S/C15H22N2O3/c1-10(16)14(18)17-9-15(2,3)11-4-5-12-13(8-11)20-7-6-19-12/h4-5,8,10H,6-7,9,16H2,1-3H3,(H,17,18)/t10-/m1/s1. The number of rotatable bonds is 4. The second-order valence-electron chi connectivity index (χ2n) is 5.75. The number of nitrogens with two attached hydrogens (primary N) is 1. The van der Waals surface area contributed by atoms with E-state index in [2.05, 4.69) is 19.2 Å². The molecular weight excluding hydrogens is 256 g/mol. The quantitative estimate of drug-likeness (QED) is 0.868. The zero-order valence-corrected chi connectivity index (χ0v) is 12.2. The number of hydrogen-bond donors (Lipinski definition) is 2. The summed E-state index contributed by atoms with van der Waals surface area (Å²) in [5.41, 5.74) is 6.43. The molecule has 3 N–H and O–H groups in total. The van der Waals surface area contributed by atoms with Crippen molar-refractivity contribution in [2.24, 2.45) is 5.73 Å². The Balaban J connectivity index is 2.10. The van der Waals surface area contributed by atoms with Gasteiger partial charge >= 0.3 is 0 Å². The van der Waals surface area contributed by atoms with Crippen LogP contribution in [-0.2, 0) is 10.2 Å². The normalized spacial score (nSPS) is 15.6. The van der Waals surface area contributed by atoms with Crippen molar-refractivity contribution in [3.05, 3.63) is 23.8 Å². The summed E-state index contributed by atoms with van der Waals surface area (Å²) < 4.78 is 11.1. The molecule has 2 rings (SSSR count). The highest BCUT2D eigenvalue weighted by Crippen LogP contribution is 2.34. The number of benzene rings is 1. The minimum Gasteiger partial charge on any atom is -0.486 e. The van der Waals surface area contributed by atoms with Gasteiger partial charge in [0.1, 0.15) is 13.2 Å². The summed E-state index contributed by atoms with van der Waals surface area (Å²) in [7, 11) is 0. The Morgan fingerprint density at radius 1 is 1.35 bits per heavy atom. The van der Waals surface area contributed by atoms with Gasteiger partial charge in [-0.2, -0.15) is 0 Å². The Morgan fingerprint density at radius 3 is 2.65 bits per heavy atom. The maximum absolute atomic E-state index is 11.6. The van der Waals surface area contributed by atoms with E-state index < -0.39 is 6.04 Å². The van der Waals surface area contributed by atoms with Crippen LogP contribution in [0.3, 0.4) is 0 Å². The van der Waals surface area contributed by atoms with Crippen LogP contribution < -0.4 is 20.5 Å². The van der Waals surface area contributed by atoms with E-state index in [1.54, 1.807) is 6.92 Å². The van der Waals surface area contributed by atoms with Crippen molar-refractivity contribution in [1.29, 1.82) is 0 Å². The summed E-state index contributed by atoms with van der Waals surface area (Å²) in [6.07, 6.45) is 0. The molecule has 1 atom stereocenters. The van der Waals surface area contributed by atoms with E-state index in [1.807, 2.05) is 18.2 Å². The maximum atomic E-state index is 11.6. The van der Waals surface area contributed by atoms with Crippen molar-refractivity contribution in [3.63, 3.8) is 0 Å². The molecule has 0 aromatic heterocycles. The molecule has 0 saturated carbocycles. The molecule has 110 valence electrons. The fourth-order valence-electron chi connectivity index (χ4n) is 2.04. The van der Waals surface area contributed by atoms with Gasteiger partial charge in [0, 0.05) is 12.0 Å². The topological polar surface area (TPSA) is 73.6 Å². The molecule has 5 nitrogen and oxygen atoms in total. The van der Waals surface area contributed by atoms with Gasteiger partial charge in [-0.25, -0.2) is 0 Å². The molecule has 0 saturated heterocycles. The zero-order chi connectivity index (χ0) is 14.8. The van der Waals surface area contributed by atoms with E-state index in [4.69, 9.17) is 15.2 Å². The fourth-order valence-corrected chi connectivity index (χ4v) is 2.04. The summed E-state index contributed by atoms with van der Waals surface area (Å²) in [6.45, 7) is 7.48. The Hall–Kier alpha value is -1.75. The Labute approximate surface area is 119 Å². The lowest BCUT2D eigenvalue weighted by molar-refractivity contribution is -0.122. The first kappa shape index (κ1) is 14.7. The Bertz CT molecular complexity index is 498. The number of ether oxygens (including phenoxy) is 2. The number of carbonyl (C=O) groups excluding carboxylic acids is 1. The lowest BCUT2D eigenvalue weighted by Gasteiger charge is -2.28. The van der Waals surface area contributed by atoms with Gasteiger partial charge < -0.3 is 20.5 Å². The average molecular weight is 278 g/mol. The smallest absolute Gasteiger partial charge is 0.236 e. The minimum absolute atomic E-state index is 0.143.